The Morgan fingerprint density at radius 2 is 2.30 bits per heavy atom. The second kappa shape index (κ2) is 7.03. The molecule has 4 nitrogen and oxygen atoms in total. The van der Waals surface area contributed by atoms with Crippen molar-refractivity contribution in [2.24, 2.45) is 0 Å². The Bertz CT molecular complexity index is 618. The Labute approximate surface area is 130 Å². The Hall–Kier alpha value is -1.15. The first-order valence-corrected chi connectivity index (χ1v) is 8.41. The minimum atomic E-state index is -0.0960. The van der Waals surface area contributed by atoms with Gasteiger partial charge in [0.05, 0.1) is 14.8 Å². The number of aryl methyl sites for hydroxylation is 1. The normalized spacial score (nSPS) is 10.5. The van der Waals surface area contributed by atoms with E-state index < -0.39 is 0 Å². The molecular weight excluding hydrogens is 310 g/mol. The van der Waals surface area contributed by atoms with Crippen molar-refractivity contribution in [3.8, 4) is 9.75 Å². The molecule has 2 heterocycles. The maximum Gasteiger partial charge on any atom is 0.223 e. The standard InChI is InChI=1S/C13H15N3OS3/c1-4-7-14-20-11-6-5-10(18-11)12-8(2)15-13(19-12)16-9(3)17/h4-6,14H,1,7H2,2-3H3,(H,15,16,17). The molecule has 0 aromatic carbocycles. The molecule has 2 aromatic heterocycles. The van der Waals surface area contributed by atoms with E-state index in [1.807, 2.05) is 13.0 Å². The van der Waals surface area contributed by atoms with Crippen LogP contribution in [0.3, 0.4) is 0 Å². The number of nitrogens with zero attached hydrogens (tertiary/aromatic N) is 1. The number of thiazole rings is 1. The second-order valence-electron chi connectivity index (χ2n) is 3.97. The molecule has 0 atom stereocenters. The van der Waals surface area contributed by atoms with E-state index in [0.29, 0.717) is 5.13 Å². The van der Waals surface area contributed by atoms with Crippen molar-refractivity contribution in [2.45, 2.75) is 18.1 Å². The van der Waals surface area contributed by atoms with E-state index in [1.54, 1.807) is 23.3 Å². The number of carbonyl (C=O) groups excluding carboxylic acids is 1. The van der Waals surface area contributed by atoms with Crippen LogP contribution in [0.15, 0.2) is 29.0 Å². The lowest BCUT2D eigenvalue weighted by atomic mass is 10.3. The van der Waals surface area contributed by atoms with Gasteiger partial charge in [0.2, 0.25) is 5.91 Å². The zero-order chi connectivity index (χ0) is 14.5. The summed E-state index contributed by atoms with van der Waals surface area (Å²) in [6, 6.07) is 4.17. The van der Waals surface area contributed by atoms with Gasteiger partial charge in [-0.3, -0.25) is 9.52 Å². The smallest absolute Gasteiger partial charge is 0.223 e. The molecule has 106 valence electrons. The molecule has 2 N–H and O–H groups in total. The van der Waals surface area contributed by atoms with E-state index in [2.05, 4.69) is 33.7 Å². The zero-order valence-electron chi connectivity index (χ0n) is 11.2. The van der Waals surface area contributed by atoms with Crippen LogP contribution in [-0.2, 0) is 4.79 Å². The average molecular weight is 325 g/mol. The fourth-order valence-corrected chi connectivity index (χ4v) is 4.50. The van der Waals surface area contributed by atoms with Gasteiger partial charge >= 0.3 is 0 Å². The molecule has 0 fully saturated rings. The van der Waals surface area contributed by atoms with Gasteiger partial charge < -0.3 is 5.32 Å². The molecule has 20 heavy (non-hydrogen) atoms. The Morgan fingerprint density at radius 3 is 3.00 bits per heavy atom. The van der Waals surface area contributed by atoms with E-state index in [-0.39, 0.29) is 5.91 Å². The van der Waals surface area contributed by atoms with Crippen molar-refractivity contribution >= 4 is 45.7 Å². The lowest BCUT2D eigenvalue weighted by molar-refractivity contribution is -0.114. The largest absolute Gasteiger partial charge is 0.302 e. The molecule has 0 unspecified atom stereocenters. The van der Waals surface area contributed by atoms with Gasteiger partial charge in [-0.2, -0.15) is 0 Å². The van der Waals surface area contributed by atoms with Crippen LogP contribution in [0.5, 0.6) is 0 Å². The molecule has 0 aliphatic heterocycles. The Balaban J connectivity index is 2.13. The minimum absolute atomic E-state index is 0.0960. The van der Waals surface area contributed by atoms with Crippen molar-refractivity contribution < 1.29 is 4.79 Å². The third-order valence-corrected chi connectivity index (χ3v) is 5.57. The molecule has 2 aromatic rings. The van der Waals surface area contributed by atoms with Gasteiger partial charge in [-0.15, -0.1) is 17.9 Å². The fourth-order valence-electron chi connectivity index (χ4n) is 1.50. The van der Waals surface area contributed by atoms with Gasteiger partial charge in [-0.25, -0.2) is 4.98 Å². The first-order chi connectivity index (χ1) is 9.60. The third-order valence-electron chi connectivity index (χ3n) is 2.29. The van der Waals surface area contributed by atoms with E-state index in [0.717, 1.165) is 17.1 Å². The predicted molar refractivity (Wildman–Crippen MR) is 88.5 cm³/mol. The van der Waals surface area contributed by atoms with Crippen LogP contribution in [0.25, 0.3) is 9.75 Å². The number of thiophene rings is 1. The molecule has 0 aliphatic carbocycles. The topological polar surface area (TPSA) is 54.0 Å². The molecule has 0 bridgehead atoms. The maximum atomic E-state index is 11.1. The van der Waals surface area contributed by atoms with Crippen LogP contribution in [0.1, 0.15) is 12.6 Å². The maximum absolute atomic E-state index is 11.1. The van der Waals surface area contributed by atoms with Crippen molar-refractivity contribution in [1.82, 2.24) is 9.71 Å². The summed E-state index contributed by atoms with van der Waals surface area (Å²) >= 11 is 4.81. The molecule has 0 radical (unpaired) electrons. The van der Waals surface area contributed by atoms with E-state index in [9.17, 15) is 4.79 Å². The summed E-state index contributed by atoms with van der Waals surface area (Å²) in [4.78, 5) is 17.7. The number of rotatable bonds is 6. The first kappa shape index (κ1) is 15.2. The number of anilines is 1. The highest BCUT2D eigenvalue weighted by atomic mass is 32.2. The van der Waals surface area contributed by atoms with E-state index >= 15 is 0 Å². The second-order valence-corrected chi connectivity index (χ2v) is 7.25. The summed E-state index contributed by atoms with van der Waals surface area (Å²) in [5.41, 5.74) is 0.941. The van der Waals surface area contributed by atoms with Gasteiger partial charge in [0, 0.05) is 18.3 Å². The monoisotopic (exact) mass is 325 g/mol. The highest BCUT2D eigenvalue weighted by Crippen LogP contribution is 2.39. The number of hydrogen-bond acceptors (Lipinski definition) is 6. The van der Waals surface area contributed by atoms with Crippen molar-refractivity contribution in [3.63, 3.8) is 0 Å². The van der Waals surface area contributed by atoms with Crippen molar-refractivity contribution in [3.05, 3.63) is 30.5 Å². The number of aromatic nitrogens is 1. The molecule has 2 rings (SSSR count). The predicted octanol–water partition coefficient (Wildman–Crippen LogP) is 3.92. The molecule has 7 heteroatoms. The average Bonchev–Trinajstić information content (AvgIpc) is 2.96. The quantitative estimate of drug-likeness (QED) is 0.480. The van der Waals surface area contributed by atoms with Gasteiger partial charge in [-0.1, -0.05) is 17.4 Å². The fraction of sp³-hybridized carbons (Fsp3) is 0.231. The van der Waals surface area contributed by atoms with Crippen molar-refractivity contribution in [1.29, 1.82) is 0 Å². The van der Waals surface area contributed by atoms with Crippen LogP contribution < -0.4 is 10.0 Å². The molecule has 0 aliphatic rings. The van der Waals surface area contributed by atoms with Crippen LogP contribution in [0.2, 0.25) is 0 Å². The van der Waals surface area contributed by atoms with Crippen LogP contribution in [-0.4, -0.2) is 17.4 Å². The van der Waals surface area contributed by atoms with E-state index in [1.165, 1.54) is 27.3 Å². The molecule has 0 saturated heterocycles. The Kier molecular flexibility index (Phi) is 5.36. The summed E-state index contributed by atoms with van der Waals surface area (Å²) in [6.07, 6.45) is 1.83. The number of nitrogens with one attached hydrogen (secondary N) is 2. The van der Waals surface area contributed by atoms with Gasteiger partial charge in [0.15, 0.2) is 5.13 Å². The van der Waals surface area contributed by atoms with Crippen molar-refractivity contribution in [2.75, 3.05) is 11.9 Å². The molecular formula is C13H15N3OS3. The summed E-state index contributed by atoms with van der Waals surface area (Å²) in [7, 11) is 0. The first-order valence-electron chi connectivity index (χ1n) is 5.96. The molecule has 0 spiro atoms. The highest BCUT2D eigenvalue weighted by molar-refractivity contribution is 7.99. The highest BCUT2D eigenvalue weighted by Gasteiger charge is 2.12. The number of carbonyl (C=O) groups is 1. The van der Waals surface area contributed by atoms with Crippen LogP contribution >= 0.6 is 34.6 Å². The summed E-state index contributed by atoms with van der Waals surface area (Å²) < 4.78 is 4.39. The summed E-state index contributed by atoms with van der Waals surface area (Å²) in [5, 5.41) is 3.38. The lowest BCUT2D eigenvalue weighted by Crippen LogP contribution is -2.04. The van der Waals surface area contributed by atoms with Crippen LogP contribution in [0.4, 0.5) is 5.13 Å². The SMILES string of the molecule is C=CCNSc1ccc(-c2sc(NC(C)=O)nc2C)s1. The molecule has 1 amide bonds. The molecule has 0 saturated carbocycles. The Morgan fingerprint density at radius 1 is 1.50 bits per heavy atom. The summed E-state index contributed by atoms with van der Waals surface area (Å²) in [5.74, 6) is -0.0960. The number of amides is 1. The zero-order valence-corrected chi connectivity index (χ0v) is 13.7. The van der Waals surface area contributed by atoms with Gasteiger partial charge in [0.25, 0.3) is 0 Å². The van der Waals surface area contributed by atoms with Crippen LogP contribution in [0, 0.1) is 6.92 Å². The summed E-state index contributed by atoms with van der Waals surface area (Å²) in [6.45, 7) is 7.88. The van der Waals surface area contributed by atoms with E-state index in [4.69, 9.17) is 0 Å². The minimum Gasteiger partial charge on any atom is -0.302 e. The lowest BCUT2D eigenvalue weighted by Gasteiger charge is -1.96. The number of hydrogen-bond donors (Lipinski definition) is 2. The third kappa shape index (κ3) is 3.92. The van der Waals surface area contributed by atoms with Gasteiger partial charge in [0.1, 0.15) is 0 Å². The van der Waals surface area contributed by atoms with Gasteiger partial charge in [-0.05, 0) is 31.0 Å².